The Labute approximate surface area is 154 Å². The molecule has 1 heterocycles. The first-order valence-corrected chi connectivity index (χ1v) is 8.89. The number of nitrogens with zero attached hydrogens (tertiary/aromatic N) is 2. The number of rotatable bonds is 4. The Balaban J connectivity index is 1.63. The number of amides is 1. The van der Waals surface area contributed by atoms with Gasteiger partial charge in [0, 0.05) is 42.8 Å². The van der Waals surface area contributed by atoms with Gasteiger partial charge in [0.05, 0.1) is 7.11 Å². The summed E-state index contributed by atoms with van der Waals surface area (Å²) in [5.74, 6) is 0.765. The van der Waals surface area contributed by atoms with Crippen molar-refractivity contribution < 1.29 is 9.53 Å². The molecule has 0 aliphatic carbocycles. The van der Waals surface area contributed by atoms with E-state index >= 15 is 0 Å². The molecule has 132 valence electrons. The maximum atomic E-state index is 12.7. The van der Waals surface area contributed by atoms with Gasteiger partial charge in [-0.3, -0.25) is 9.69 Å². The molecule has 1 aliphatic rings. The number of halogens is 1. The second-order valence-electron chi connectivity index (χ2n) is 6.26. The van der Waals surface area contributed by atoms with Crippen LogP contribution in [0.1, 0.15) is 28.9 Å². The van der Waals surface area contributed by atoms with E-state index < -0.39 is 0 Å². The number of hydrogen-bond acceptors (Lipinski definition) is 3. The number of piperazine rings is 1. The Bertz CT molecular complexity index is 742. The van der Waals surface area contributed by atoms with Crippen LogP contribution in [0.3, 0.4) is 0 Å². The molecule has 1 unspecified atom stereocenters. The lowest BCUT2D eigenvalue weighted by Crippen LogP contribution is -2.49. The molecule has 5 heteroatoms. The number of methoxy groups -OCH3 is 1. The van der Waals surface area contributed by atoms with Crippen LogP contribution in [0.25, 0.3) is 0 Å². The Hall–Kier alpha value is -2.04. The topological polar surface area (TPSA) is 32.8 Å². The van der Waals surface area contributed by atoms with Gasteiger partial charge in [0.25, 0.3) is 5.91 Å². The minimum atomic E-state index is 0.0592. The highest BCUT2D eigenvalue weighted by atomic mass is 35.5. The molecule has 1 aliphatic heterocycles. The smallest absolute Gasteiger partial charge is 0.254 e. The Morgan fingerprint density at radius 3 is 2.48 bits per heavy atom. The third-order valence-electron chi connectivity index (χ3n) is 4.82. The van der Waals surface area contributed by atoms with Crippen LogP contribution in [-0.4, -0.2) is 49.0 Å². The van der Waals surface area contributed by atoms with Crippen molar-refractivity contribution in [2.45, 2.75) is 13.0 Å². The van der Waals surface area contributed by atoms with Crippen LogP contribution in [0.4, 0.5) is 0 Å². The van der Waals surface area contributed by atoms with E-state index in [2.05, 4.69) is 17.9 Å². The summed E-state index contributed by atoms with van der Waals surface area (Å²) >= 11 is 6.32. The predicted molar refractivity (Wildman–Crippen MR) is 100 cm³/mol. The van der Waals surface area contributed by atoms with Crippen LogP contribution in [0.15, 0.2) is 48.5 Å². The quantitative estimate of drug-likeness (QED) is 0.831. The minimum Gasteiger partial charge on any atom is -0.497 e. The molecule has 1 saturated heterocycles. The van der Waals surface area contributed by atoms with E-state index in [9.17, 15) is 4.79 Å². The van der Waals surface area contributed by atoms with Crippen molar-refractivity contribution in [2.75, 3.05) is 33.3 Å². The van der Waals surface area contributed by atoms with E-state index in [0.29, 0.717) is 24.4 Å². The summed E-state index contributed by atoms with van der Waals surface area (Å²) in [6.45, 7) is 5.26. The number of benzene rings is 2. The highest BCUT2D eigenvalue weighted by Crippen LogP contribution is 2.28. The number of carbonyl (C=O) groups is 1. The van der Waals surface area contributed by atoms with Gasteiger partial charge < -0.3 is 9.64 Å². The summed E-state index contributed by atoms with van der Waals surface area (Å²) < 4.78 is 5.21. The van der Waals surface area contributed by atoms with E-state index in [1.165, 1.54) is 0 Å². The van der Waals surface area contributed by atoms with Crippen LogP contribution < -0.4 is 4.74 Å². The monoisotopic (exact) mass is 358 g/mol. The van der Waals surface area contributed by atoms with Crippen LogP contribution in [0.2, 0.25) is 5.02 Å². The van der Waals surface area contributed by atoms with E-state index in [1.54, 1.807) is 13.2 Å². The average Bonchev–Trinajstić information content (AvgIpc) is 2.67. The molecule has 0 N–H and O–H groups in total. The second-order valence-corrected chi connectivity index (χ2v) is 6.66. The molecule has 4 nitrogen and oxygen atoms in total. The van der Waals surface area contributed by atoms with Crippen molar-refractivity contribution in [3.05, 3.63) is 64.7 Å². The number of ether oxygens (including phenoxy) is 1. The van der Waals surface area contributed by atoms with Crippen LogP contribution in [-0.2, 0) is 0 Å². The zero-order valence-corrected chi connectivity index (χ0v) is 15.4. The molecule has 1 amide bonds. The zero-order chi connectivity index (χ0) is 17.8. The van der Waals surface area contributed by atoms with Gasteiger partial charge in [0.1, 0.15) is 5.75 Å². The molecule has 1 atom stereocenters. The van der Waals surface area contributed by atoms with Crippen molar-refractivity contribution in [3.63, 3.8) is 0 Å². The maximum absolute atomic E-state index is 12.7. The molecule has 3 rings (SSSR count). The van der Waals surface area contributed by atoms with Crippen LogP contribution in [0.5, 0.6) is 5.75 Å². The number of carbonyl (C=O) groups excluding carboxylic acids is 1. The number of hydrogen-bond donors (Lipinski definition) is 0. The normalized spacial score (nSPS) is 16.5. The summed E-state index contributed by atoms with van der Waals surface area (Å²) in [5, 5.41) is 0.796. The molecule has 2 aromatic rings. The maximum Gasteiger partial charge on any atom is 0.254 e. The molecule has 0 bridgehead atoms. The van der Waals surface area contributed by atoms with Gasteiger partial charge in [-0.25, -0.2) is 0 Å². The molecule has 25 heavy (non-hydrogen) atoms. The first-order chi connectivity index (χ1) is 12.1. The van der Waals surface area contributed by atoms with Crippen molar-refractivity contribution in [1.29, 1.82) is 0 Å². The summed E-state index contributed by atoms with van der Waals surface area (Å²) in [5.41, 5.74) is 1.81. The van der Waals surface area contributed by atoms with Gasteiger partial charge >= 0.3 is 0 Å². The molecule has 2 aromatic carbocycles. The highest BCUT2D eigenvalue weighted by Gasteiger charge is 2.26. The summed E-state index contributed by atoms with van der Waals surface area (Å²) in [7, 11) is 1.61. The first-order valence-electron chi connectivity index (χ1n) is 8.52. The van der Waals surface area contributed by atoms with Gasteiger partial charge in [-0.2, -0.15) is 0 Å². The zero-order valence-electron chi connectivity index (χ0n) is 14.6. The van der Waals surface area contributed by atoms with Crippen LogP contribution in [0, 0.1) is 0 Å². The first kappa shape index (κ1) is 17.8. The van der Waals surface area contributed by atoms with Crippen molar-refractivity contribution in [1.82, 2.24) is 9.80 Å². The third kappa shape index (κ3) is 3.97. The van der Waals surface area contributed by atoms with Crippen molar-refractivity contribution >= 4 is 17.5 Å². The van der Waals surface area contributed by atoms with Crippen molar-refractivity contribution in [3.8, 4) is 5.75 Å². The lowest BCUT2D eigenvalue weighted by molar-refractivity contribution is 0.0582. The molecule has 0 radical (unpaired) electrons. The van der Waals surface area contributed by atoms with E-state index in [-0.39, 0.29) is 11.9 Å². The fourth-order valence-corrected chi connectivity index (χ4v) is 3.56. The van der Waals surface area contributed by atoms with E-state index in [0.717, 1.165) is 23.7 Å². The summed E-state index contributed by atoms with van der Waals surface area (Å²) in [6, 6.07) is 15.5. The molecule has 0 saturated carbocycles. The summed E-state index contributed by atoms with van der Waals surface area (Å²) in [6.07, 6.45) is 0. The molecule has 0 spiro atoms. The SMILES string of the molecule is COc1cccc(C(=O)N2CCN(C(C)c3ccccc3Cl)CC2)c1. The average molecular weight is 359 g/mol. The van der Waals surface area contributed by atoms with Crippen LogP contribution >= 0.6 is 11.6 Å². The fourth-order valence-electron chi connectivity index (χ4n) is 3.26. The Morgan fingerprint density at radius 1 is 1.08 bits per heavy atom. The van der Waals surface area contributed by atoms with Gasteiger partial charge in [-0.05, 0) is 36.8 Å². The lowest BCUT2D eigenvalue weighted by Gasteiger charge is -2.38. The highest BCUT2D eigenvalue weighted by molar-refractivity contribution is 6.31. The predicted octanol–water partition coefficient (Wildman–Crippen LogP) is 3.87. The van der Waals surface area contributed by atoms with E-state index in [4.69, 9.17) is 16.3 Å². The molecular formula is C20H23ClN2O2. The largest absolute Gasteiger partial charge is 0.497 e. The van der Waals surface area contributed by atoms with Crippen molar-refractivity contribution in [2.24, 2.45) is 0 Å². The standard InChI is InChI=1S/C20H23ClN2O2/c1-15(18-8-3-4-9-19(18)21)22-10-12-23(13-11-22)20(24)16-6-5-7-17(14-16)25-2/h3-9,14-15H,10-13H2,1-2H3. The third-order valence-corrected chi connectivity index (χ3v) is 5.17. The van der Waals surface area contributed by atoms with Gasteiger partial charge in [-0.15, -0.1) is 0 Å². The molecule has 1 fully saturated rings. The fraction of sp³-hybridized carbons (Fsp3) is 0.350. The van der Waals surface area contributed by atoms with E-state index in [1.807, 2.05) is 41.3 Å². The lowest BCUT2D eigenvalue weighted by atomic mass is 10.1. The molecular weight excluding hydrogens is 336 g/mol. The van der Waals surface area contributed by atoms with Gasteiger partial charge in [0.15, 0.2) is 0 Å². The van der Waals surface area contributed by atoms with Gasteiger partial charge in [0.2, 0.25) is 0 Å². The minimum absolute atomic E-state index is 0.0592. The van der Waals surface area contributed by atoms with Gasteiger partial charge in [-0.1, -0.05) is 35.9 Å². The Morgan fingerprint density at radius 2 is 1.80 bits per heavy atom. The Kier molecular flexibility index (Phi) is 5.61. The second kappa shape index (κ2) is 7.89. The summed E-state index contributed by atoms with van der Waals surface area (Å²) in [4.78, 5) is 17.0. The molecule has 0 aromatic heterocycles.